The Kier molecular flexibility index (Phi) is 2.81. The minimum atomic E-state index is -1.07. The number of H-pyrrole nitrogens is 1. The van der Waals surface area contributed by atoms with Crippen molar-refractivity contribution in [1.82, 2.24) is 15.0 Å². The number of hydrogen-bond donors (Lipinski definition) is 3. The van der Waals surface area contributed by atoms with Crippen molar-refractivity contribution >= 4 is 17.1 Å². The maximum atomic E-state index is 10.8. The van der Waals surface area contributed by atoms with Gasteiger partial charge in [0, 0.05) is 17.7 Å². The van der Waals surface area contributed by atoms with Crippen molar-refractivity contribution in [1.29, 1.82) is 0 Å². The monoisotopic (exact) mass is 234 g/mol. The number of aromatic nitrogens is 3. The van der Waals surface area contributed by atoms with Crippen molar-refractivity contribution in [2.24, 2.45) is 5.73 Å². The average molecular weight is 234 g/mol. The third-order valence-corrected chi connectivity index (χ3v) is 2.55. The van der Waals surface area contributed by atoms with Gasteiger partial charge in [-0.15, -0.1) is 0 Å². The number of carbonyl (C=O) groups is 1. The van der Waals surface area contributed by atoms with Crippen LogP contribution in [0.25, 0.3) is 11.2 Å². The van der Waals surface area contributed by atoms with E-state index in [0.29, 0.717) is 16.7 Å². The van der Waals surface area contributed by atoms with Gasteiger partial charge in [0.2, 0.25) is 0 Å². The molecule has 0 aliphatic heterocycles. The molecule has 2 aromatic heterocycles. The molecule has 0 saturated carbocycles. The molecule has 1 atom stereocenters. The fourth-order valence-corrected chi connectivity index (χ4v) is 1.52. The van der Waals surface area contributed by atoms with E-state index in [1.807, 2.05) is 13.8 Å². The lowest BCUT2D eigenvalue weighted by molar-refractivity contribution is -0.138. The van der Waals surface area contributed by atoms with E-state index in [1.54, 1.807) is 6.07 Å². The summed E-state index contributed by atoms with van der Waals surface area (Å²) in [5.41, 5.74) is 7.27. The van der Waals surface area contributed by atoms with Crippen LogP contribution in [0.5, 0.6) is 0 Å². The lowest BCUT2D eigenvalue weighted by Gasteiger charge is -2.04. The van der Waals surface area contributed by atoms with Gasteiger partial charge in [-0.3, -0.25) is 4.79 Å². The maximum absolute atomic E-state index is 10.8. The highest BCUT2D eigenvalue weighted by Crippen LogP contribution is 2.18. The number of nitrogens with zero attached hydrogens (tertiary/aromatic N) is 2. The van der Waals surface area contributed by atoms with Crippen molar-refractivity contribution < 1.29 is 9.90 Å². The zero-order chi connectivity index (χ0) is 12.6. The van der Waals surface area contributed by atoms with Crippen LogP contribution in [0.15, 0.2) is 12.3 Å². The van der Waals surface area contributed by atoms with Crippen LogP contribution in [0.4, 0.5) is 0 Å². The van der Waals surface area contributed by atoms with Crippen LogP contribution in [-0.2, 0) is 4.79 Å². The number of aliphatic carboxylic acids is 1. The molecule has 0 aliphatic carbocycles. The van der Waals surface area contributed by atoms with Gasteiger partial charge >= 0.3 is 5.97 Å². The van der Waals surface area contributed by atoms with E-state index in [0.717, 1.165) is 5.82 Å². The Hall–Kier alpha value is -1.95. The summed E-state index contributed by atoms with van der Waals surface area (Å²) in [7, 11) is 0. The molecule has 0 amide bonds. The van der Waals surface area contributed by atoms with Crippen molar-refractivity contribution in [3.05, 3.63) is 23.7 Å². The molecule has 0 bridgehead atoms. The number of pyridine rings is 1. The third kappa shape index (κ3) is 2.12. The molecule has 2 aromatic rings. The summed E-state index contributed by atoms with van der Waals surface area (Å²) in [6.07, 6.45) is 1.45. The second-order valence-electron chi connectivity index (χ2n) is 4.23. The number of fused-ring (bicyclic) bond motifs is 1. The first-order chi connectivity index (χ1) is 7.99. The summed E-state index contributed by atoms with van der Waals surface area (Å²) < 4.78 is 0. The summed E-state index contributed by atoms with van der Waals surface area (Å²) in [4.78, 5) is 22.3. The number of rotatable bonds is 3. The van der Waals surface area contributed by atoms with Gasteiger partial charge in [-0.25, -0.2) is 9.97 Å². The largest absolute Gasteiger partial charge is 0.480 e. The quantitative estimate of drug-likeness (QED) is 0.739. The minimum absolute atomic E-state index is 0.265. The summed E-state index contributed by atoms with van der Waals surface area (Å²) in [5.74, 6) is 0.0177. The predicted octanol–water partition coefficient (Wildman–Crippen LogP) is 1.17. The topological polar surface area (TPSA) is 105 Å². The Morgan fingerprint density at radius 1 is 1.53 bits per heavy atom. The third-order valence-electron chi connectivity index (χ3n) is 2.55. The van der Waals surface area contributed by atoms with Crippen molar-refractivity contribution in [2.45, 2.75) is 25.8 Å². The Balaban J connectivity index is 2.46. The fourth-order valence-electron chi connectivity index (χ4n) is 1.52. The average Bonchev–Trinajstić information content (AvgIpc) is 2.70. The van der Waals surface area contributed by atoms with E-state index in [1.165, 1.54) is 6.20 Å². The minimum Gasteiger partial charge on any atom is -0.480 e. The zero-order valence-electron chi connectivity index (χ0n) is 9.64. The molecule has 1 unspecified atom stereocenters. The fraction of sp³-hybridized carbons (Fsp3) is 0.364. The molecule has 6 heteroatoms. The van der Waals surface area contributed by atoms with Crippen molar-refractivity contribution in [3.8, 4) is 0 Å². The van der Waals surface area contributed by atoms with Crippen LogP contribution in [0, 0.1) is 0 Å². The molecule has 0 spiro atoms. The molecule has 6 nitrogen and oxygen atoms in total. The van der Waals surface area contributed by atoms with Gasteiger partial charge in [0.1, 0.15) is 11.9 Å². The van der Waals surface area contributed by atoms with Crippen LogP contribution in [0.1, 0.15) is 37.2 Å². The highest BCUT2D eigenvalue weighted by molar-refractivity contribution is 5.78. The summed E-state index contributed by atoms with van der Waals surface area (Å²) in [6, 6.07) is 0.623. The molecular weight excluding hydrogens is 220 g/mol. The van der Waals surface area contributed by atoms with Gasteiger partial charge in [-0.2, -0.15) is 0 Å². The van der Waals surface area contributed by atoms with Crippen LogP contribution in [0.2, 0.25) is 0 Å². The number of carboxylic acids is 1. The molecule has 0 aromatic carbocycles. The summed E-state index contributed by atoms with van der Waals surface area (Å²) >= 11 is 0. The van der Waals surface area contributed by atoms with Crippen LogP contribution in [-0.4, -0.2) is 26.0 Å². The second-order valence-corrected chi connectivity index (χ2v) is 4.23. The Morgan fingerprint density at radius 2 is 2.24 bits per heavy atom. The number of carboxylic acid groups (broad SMARTS) is 1. The molecule has 4 N–H and O–H groups in total. The van der Waals surface area contributed by atoms with Crippen LogP contribution in [0.3, 0.4) is 0 Å². The van der Waals surface area contributed by atoms with Gasteiger partial charge in [0.05, 0.1) is 5.52 Å². The van der Waals surface area contributed by atoms with Gasteiger partial charge in [-0.1, -0.05) is 13.8 Å². The molecule has 0 aliphatic rings. The molecule has 90 valence electrons. The molecule has 2 rings (SSSR count). The van der Waals surface area contributed by atoms with Gasteiger partial charge in [0.15, 0.2) is 5.65 Å². The van der Waals surface area contributed by atoms with Gasteiger partial charge in [0.25, 0.3) is 0 Å². The molecular formula is C11H14N4O2. The van der Waals surface area contributed by atoms with E-state index in [2.05, 4.69) is 15.0 Å². The molecule has 0 radical (unpaired) electrons. The van der Waals surface area contributed by atoms with E-state index in [-0.39, 0.29) is 5.92 Å². The lowest BCUT2D eigenvalue weighted by Crippen LogP contribution is -2.20. The van der Waals surface area contributed by atoms with E-state index < -0.39 is 12.0 Å². The lowest BCUT2D eigenvalue weighted by atomic mass is 10.1. The number of nitrogens with two attached hydrogens (primary N) is 1. The number of imidazole rings is 1. The van der Waals surface area contributed by atoms with E-state index in [9.17, 15) is 4.79 Å². The van der Waals surface area contributed by atoms with E-state index in [4.69, 9.17) is 10.8 Å². The van der Waals surface area contributed by atoms with Crippen LogP contribution < -0.4 is 5.73 Å². The smallest absolute Gasteiger partial charge is 0.325 e. The number of aromatic amines is 1. The molecule has 17 heavy (non-hydrogen) atoms. The second kappa shape index (κ2) is 4.14. The van der Waals surface area contributed by atoms with Crippen LogP contribution >= 0.6 is 0 Å². The summed E-state index contributed by atoms with van der Waals surface area (Å²) in [5, 5.41) is 8.82. The van der Waals surface area contributed by atoms with Gasteiger partial charge in [-0.05, 0) is 6.07 Å². The SMILES string of the molecule is CC(C)c1nc2ncc(C(N)C(=O)O)cc2[nH]1. The Bertz CT molecular complexity index is 562. The zero-order valence-corrected chi connectivity index (χ0v) is 9.64. The Morgan fingerprint density at radius 3 is 2.82 bits per heavy atom. The first-order valence-corrected chi connectivity index (χ1v) is 5.33. The first-order valence-electron chi connectivity index (χ1n) is 5.33. The van der Waals surface area contributed by atoms with Crippen molar-refractivity contribution in [2.75, 3.05) is 0 Å². The summed E-state index contributed by atoms with van der Waals surface area (Å²) in [6.45, 7) is 4.03. The molecule has 0 saturated heterocycles. The Labute approximate surface area is 97.9 Å². The standard InChI is InChI=1S/C11H14N4O2/c1-5(2)9-14-7-3-6(8(12)11(16)17)4-13-10(7)15-9/h3-5,8H,12H2,1-2H3,(H,16,17)(H,13,14,15). The van der Waals surface area contributed by atoms with E-state index >= 15 is 0 Å². The highest BCUT2D eigenvalue weighted by Gasteiger charge is 2.16. The van der Waals surface area contributed by atoms with Gasteiger partial charge < -0.3 is 15.8 Å². The molecule has 0 fully saturated rings. The normalized spacial score (nSPS) is 13.2. The predicted molar refractivity (Wildman–Crippen MR) is 62.5 cm³/mol. The maximum Gasteiger partial charge on any atom is 0.325 e. The van der Waals surface area contributed by atoms with Crippen molar-refractivity contribution in [3.63, 3.8) is 0 Å². The first kappa shape index (κ1) is 11.5. The number of nitrogens with one attached hydrogen (secondary N) is 1. The molecule has 2 heterocycles. The number of hydrogen-bond acceptors (Lipinski definition) is 4. The highest BCUT2D eigenvalue weighted by atomic mass is 16.4.